The standard InChI is InChI=1S/C19H19BrN4O2S/c1-13(26-16-9-4-3-5-10-16)18-22-23-19(24(18)2)27-12-17(25)21-15-8-6-7-14(20)11-15/h3-11,13H,12H2,1-2H3,(H,21,25)/t13-/m1/s1. The summed E-state index contributed by atoms with van der Waals surface area (Å²) in [6, 6.07) is 17.0. The van der Waals surface area contributed by atoms with Gasteiger partial charge in [0.25, 0.3) is 0 Å². The molecule has 0 unspecified atom stereocenters. The number of thioether (sulfide) groups is 1. The van der Waals surface area contributed by atoms with Gasteiger partial charge < -0.3 is 14.6 Å². The Morgan fingerprint density at radius 1 is 1.22 bits per heavy atom. The van der Waals surface area contributed by atoms with Crippen molar-refractivity contribution >= 4 is 39.3 Å². The predicted molar refractivity (Wildman–Crippen MR) is 110 cm³/mol. The fourth-order valence-corrected chi connectivity index (χ4v) is 3.57. The second kappa shape index (κ2) is 9.05. The number of hydrogen-bond donors (Lipinski definition) is 1. The Kier molecular flexibility index (Phi) is 6.52. The quantitative estimate of drug-likeness (QED) is 0.542. The smallest absolute Gasteiger partial charge is 0.234 e. The van der Waals surface area contributed by atoms with Gasteiger partial charge >= 0.3 is 0 Å². The van der Waals surface area contributed by atoms with Crippen molar-refractivity contribution in [2.24, 2.45) is 7.05 Å². The molecule has 3 rings (SSSR count). The number of amides is 1. The number of nitrogens with zero attached hydrogens (tertiary/aromatic N) is 3. The van der Waals surface area contributed by atoms with Crippen LogP contribution < -0.4 is 10.1 Å². The third-order valence-electron chi connectivity index (χ3n) is 3.73. The average Bonchev–Trinajstić information content (AvgIpc) is 3.01. The monoisotopic (exact) mass is 446 g/mol. The summed E-state index contributed by atoms with van der Waals surface area (Å²) in [5, 5.41) is 11.9. The van der Waals surface area contributed by atoms with E-state index in [0.29, 0.717) is 11.0 Å². The summed E-state index contributed by atoms with van der Waals surface area (Å²) in [6.45, 7) is 1.92. The number of benzene rings is 2. The van der Waals surface area contributed by atoms with Crippen LogP contribution in [0.15, 0.2) is 64.2 Å². The van der Waals surface area contributed by atoms with Gasteiger partial charge in [-0.05, 0) is 37.3 Å². The van der Waals surface area contributed by atoms with Crippen LogP contribution in [0.5, 0.6) is 5.75 Å². The highest BCUT2D eigenvalue weighted by Crippen LogP contribution is 2.23. The van der Waals surface area contributed by atoms with Crippen molar-refractivity contribution in [2.75, 3.05) is 11.1 Å². The largest absolute Gasteiger partial charge is 0.483 e. The van der Waals surface area contributed by atoms with Gasteiger partial charge in [0, 0.05) is 17.2 Å². The van der Waals surface area contributed by atoms with Crippen LogP contribution >= 0.6 is 27.7 Å². The van der Waals surface area contributed by atoms with Crippen molar-refractivity contribution in [3.63, 3.8) is 0 Å². The molecule has 27 heavy (non-hydrogen) atoms. The van der Waals surface area contributed by atoms with Gasteiger partial charge in [0.15, 0.2) is 17.1 Å². The molecule has 0 aliphatic carbocycles. The number of anilines is 1. The molecule has 0 bridgehead atoms. The second-order valence-electron chi connectivity index (χ2n) is 5.82. The lowest BCUT2D eigenvalue weighted by Gasteiger charge is -2.14. The van der Waals surface area contributed by atoms with Gasteiger partial charge in [-0.15, -0.1) is 10.2 Å². The van der Waals surface area contributed by atoms with Gasteiger partial charge in [-0.3, -0.25) is 4.79 Å². The molecule has 0 aliphatic heterocycles. The third kappa shape index (κ3) is 5.33. The maximum atomic E-state index is 12.2. The lowest BCUT2D eigenvalue weighted by atomic mass is 10.3. The number of carbonyl (C=O) groups is 1. The van der Waals surface area contributed by atoms with Crippen molar-refractivity contribution in [2.45, 2.75) is 18.2 Å². The van der Waals surface area contributed by atoms with E-state index >= 15 is 0 Å². The summed E-state index contributed by atoms with van der Waals surface area (Å²) in [7, 11) is 1.87. The van der Waals surface area contributed by atoms with E-state index in [1.54, 1.807) is 0 Å². The number of carbonyl (C=O) groups excluding carboxylic acids is 1. The highest BCUT2D eigenvalue weighted by atomic mass is 79.9. The molecule has 3 aromatic rings. The fourth-order valence-electron chi connectivity index (χ4n) is 2.46. The van der Waals surface area contributed by atoms with Crippen LogP contribution in [-0.2, 0) is 11.8 Å². The zero-order valence-electron chi connectivity index (χ0n) is 14.9. The van der Waals surface area contributed by atoms with Crippen LogP contribution in [0.1, 0.15) is 18.9 Å². The van der Waals surface area contributed by atoms with Crippen molar-refractivity contribution in [3.8, 4) is 5.75 Å². The van der Waals surface area contributed by atoms with E-state index in [1.165, 1.54) is 11.8 Å². The minimum atomic E-state index is -0.255. The Morgan fingerprint density at radius 2 is 2.00 bits per heavy atom. The van der Waals surface area contributed by atoms with Crippen molar-refractivity contribution in [1.29, 1.82) is 0 Å². The minimum absolute atomic E-state index is 0.101. The summed E-state index contributed by atoms with van der Waals surface area (Å²) < 4.78 is 8.66. The molecule has 0 spiro atoms. The van der Waals surface area contributed by atoms with E-state index in [1.807, 2.05) is 73.1 Å². The van der Waals surface area contributed by atoms with Crippen LogP contribution in [0.4, 0.5) is 5.69 Å². The molecule has 0 radical (unpaired) electrons. The van der Waals surface area contributed by atoms with Gasteiger partial charge in [-0.25, -0.2) is 0 Å². The molecular weight excluding hydrogens is 428 g/mol. The van der Waals surface area contributed by atoms with Gasteiger partial charge in [0.05, 0.1) is 5.75 Å². The Hall–Kier alpha value is -2.32. The van der Waals surface area contributed by atoms with Crippen LogP contribution in [0.25, 0.3) is 0 Å². The first-order valence-electron chi connectivity index (χ1n) is 8.32. The second-order valence-corrected chi connectivity index (χ2v) is 7.68. The summed E-state index contributed by atoms with van der Waals surface area (Å²) in [5.74, 6) is 1.62. The summed E-state index contributed by atoms with van der Waals surface area (Å²) in [4.78, 5) is 12.2. The van der Waals surface area contributed by atoms with Crippen molar-refractivity contribution < 1.29 is 9.53 Å². The first-order valence-corrected chi connectivity index (χ1v) is 10.1. The summed E-state index contributed by atoms with van der Waals surface area (Å²) in [5.41, 5.74) is 0.749. The van der Waals surface area contributed by atoms with E-state index in [4.69, 9.17) is 4.74 Å². The van der Waals surface area contributed by atoms with Crippen LogP contribution in [0.3, 0.4) is 0 Å². The number of halogens is 1. The molecule has 1 amide bonds. The highest BCUT2D eigenvalue weighted by molar-refractivity contribution is 9.10. The molecule has 0 fully saturated rings. The minimum Gasteiger partial charge on any atom is -0.483 e. The van der Waals surface area contributed by atoms with Crippen molar-refractivity contribution in [3.05, 3.63) is 64.9 Å². The molecule has 1 N–H and O–H groups in total. The van der Waals surface area contributed by atoms with E-state index in [9.17, 15) is 4.79 Å². The molecule has 1 heterocycles. The van der Waals surface area contributed by atoms with Gasteiger partial charge in [-0.2, -0.15) is 0 Å². The molecule has 0 saturated heterocycles. The van der Waals surface area contributed by atoms with E-state index in [2.05, 4.69) is 31.4 Å². The number of aromatic nitrogens is 3. The van der Waals surface area contributed by atoms with Gasteiger partial charge in [-0.1, -0.05) is 52.0 Å². The van der Waals surface area contributed by atoms with Crippen LogP contribution in [0.2, 0.25) is 0 Å². The number of para-hydroxylation sites is 1. The zero-order valence-corrected chi connectivity index (χ0v) is 17.3. The SMILES string of the molecule is C[C@@H](Oc1ccccc1)c1nnc(SCC(=O)Nc2cccc(Br)c2)n1C. The Morgan fingerprint density at radius 3 is 2.74 bits per heavy atom. The van der Waals surface area contributed by atoms with Crippen molar-refractivity contribution in [1.82, 2.24) is 14.8 Å². The van der Waals surface area contributed by atoms with E-state index < -0.39 is 0 Å². The topological polar surface area (TPSA) is 69.0 Å². The average molecular weight is 447 g/mol. The maximum absolute atomic E-state index is 12.2. The predicted octanol–water partition coefficient (Wildman–Crippen LogP) is 4.45. The highest BCUT2D eigenvalue weighted by Gasteiger charge is 2.18. The molecule has 2 aromatic carbocycles. The fraction of sp³-hybridized carbons (Fsp3) is 0.211. The van der Waals surface area contributed by atoms with E-state index in [-0.39, 0.29) is 17.8 Å². The van der Waals surface area contributed by atoms with Crippen LogP contribution in [-0.4, -0.2) is 26.4 Å². The van der Waals surface area contributed by atoms with Crippen LogP contribution in [0, 0.1) is 0 Å². The Labute approximate surface area is 170 Å². The molecule has 1 atom stereocenters. The summed E-state index contributed by atoms with van der Waals surface area (Å²) >= 11 is 4.72. The Balaban J connectivity index is 1.57. The number of rotatable bonds is 7. The normalized spacial score (nSPS) is 11.8. The Bertz CT molecular complexity index is 917. The van der Waals surface area contributed by atoms with Gasteiger partial charge in [0.2, 0.25) is 5.91 Å². The number of ether oxygens (including phenoxy) is 1. The molecule has 0 saturated carbocycles. The number of nitrogens with one attached hydrogen (secondary N) is 1. The first-order chi connectivity index (χ1) is 13.0. The lowest BCUT2D eigenvalue weighted by Crippen LogP contribution is -2.14. The number of hydrogen-bond acceptors (Lipinski definition) is 5. The summed E-state index contributed by atoms with van der Waals surface area (Å²) in [6.07, 6.45) is -0.255. The zero-order chi connectivity index (χ0) is 19.2. The first kappa shape index (κ1) is 19.4. The maximum Gasteiger partial charge on any atom is 0.234 e. The third-order valence-corrected chi connectivity index (χ3v) is 5.24. The molecular formula is C19H19BrN4O2S. The molecule has 140 valence electrons. The van der Waals surface area contributed by atoms with Gasteiger partial charge in [0.1, 0.15) is 5.75 Å². The lowest BCUT2D eigenvalue weighted by molar-refractivity contribution is -0.113. The molecule has 1 aromatic heterocycles. The van der Waals surface area contributed by atoms with E-state index in [0.717, 1.165) is 15.9 Å². The molecule has 6 nitrogen and oxygen atoms in total. The molecule has 8 heteroatoms. The molecule has 0 aliphatic rings.